The van der Waals surface area contributed by atoms with Crippen LogP contribution in [0.1, 0.15) is 49.0 Å². The molecule has 0 aliphatic rings. The van der Waals surface area contributed by atoms with Gasteiger partial charge in [-0.15, -0.1) is 0 Å². The van der Waals surface area contributed by atoms with Gasteiger partial charge in [0.15, 0.2) is 0 Å². The Kier molecular flexibility index (Phi) is 5.03. The fraction of sp³-hybridized carbons (Fsp3) is 0.500. The maximum absolute atomic E-state index is 11.9. The minimum atomic E-state index is 0.0345. The number of unbranched alkanes of at least 4 members (excludes halogenated alkanes) is 1. The van der Waals surface area contributed by atoms with Crippen molar-refractivity contribution in [1.29, 1.82) is 0 Å². The van der Waals surface area contributed by atoms with Gasteiger partial charge in [0, 0.05) is 11.6 Å². The van der Waals surface area contributed by atoms with Crippen molar-refractivity contribution >= 4 is 5.91 Å². The Morgan fingerprint density at radius 2 is 2.19 bits per heavy atom. The summed E-state index contributed by atoms with van der Waals surface area (Å²) in [5.74, 6) is 0.0345. The molecule has 0 saturated heterocycles. The first-order valence-electron chi connectivity index (χ1n) is 6.01. The quantitative estimate of drug-likeness (QED) is 0.808. The zero-order chi connectivity index (χ0) is 12.0. The lowest BCUT2D eigenvalue weighted by atomic mass is 10.1. The van der Waals surface area contributed by atoms with Crippen molar-refractivity contribution in [1.82, 2.24) is 5.32 Å². The average Bonchev–Trinajstić information content (AvgIpc) is 2.26. The summed E-state index contributed by atoms with van der Waals surface area (Å²) in [5, 5.41) is 3.02. The standard InChI is InChI=1S/C14H21NO/c1-4-5-8-12(3)15-14(16)13-9-6-7-11(2)10-13/h6-7,9-10,12H,4-5,8H2,1-3H3,(H,15,16). The number of amides is 1. The molecular weight excluding hydrogens is 198 g/mol. The van der Waals surface area contributed by atoms with Gasteiger partial charge >= 0.3 is 0 Å². The smallest absolute Gasteiger partial charge is 0.251 e. The molecule has 88 valence electrons. The van der Waals surface area contributed by atoms with E-state index >= 15 is 0 Å². The van der Waals surface area contributed by atoms with E-state index in [0.717, 1.165) is 24.0 Å². The summed E-state index contributed by atoms with van der Waals surface area (Å²) in [6, 6.07) is 7.95. The van der Waals surface area contributed by atoms with Gasteiger partial charge in [-0.05, 0) is 32.4 Å². The molecule has 0 saturated carbocycles. The summed E-state index contributed by atoms with van der Waals surface area (Å²) >= 11 is 0. The minimum absolute atomic E-state index is 0.0345. The van der Waals surface area contributed by atoms with E-state index < -0.39 is 0 Å². The Hall–Kier alpha value is -1.31. The van der Waals surface area contributed by atoms with E-state index in [0.29, 0.717) is 0 Å². The largest absolute Gasteiger partial charge is 0.350 e. The molecule has 0 fully saturated rings. The molecule has 1 N–H and O–H groups in total. The topological polar surface area (TPSA) is 29.1 Å². The molecule has 2 nitrogen and oxygen atoms in total. The van der Waals surface area contributed by atoms with Crippen LogP contribution in [0.25, 0.3) is 0 Å². The summed E-state index contributed by atoms with van der Waals surface area (Å²) in [5.41, 5.74) is 1.87. The first kappa shape index (κ1) is 12.8. The molecule has 1 amide bonds. The summed E-state index contributed by atoms with van der Waals surface area (Å²) in [6.07, 6.45) is 3.38. The first-order valence-corrected chi connectivity index (χ1v) is 6.01. The molecule has 0 heterocycles. The number of carbonyl (C=O) groups excluding carboxylic acids is 1. The molecule has 1 aromatic carbocycles. The molecule has 1 rings (SSSR count). The van der Waals surface area contributed by atoms with Crippen LogP contribution in [0.4, 0.5) is 0 Å². The highest BCUT2D eigenvalue weighted by Gasteiger charge is 2.08. The van der Waals surface area contributed by atoms with E-state index in [1.54, 1.807) is 0 Å². The predicted molar refractivity (Wildman–Crippen MR) is 67.6 cm³/mol. The Balaban J connectivity index is 2.52. The number of hydrogen-bond acceptors (Lipinski definition) is 1. The third kappa shape index (κ3) is 4.05. The maximum Gasteiger partial charge on any atom is 0.251 e. The van der Waals surface area contributed by atoms with Gasteiger partial charge in [-0.25, -0.2) is 0 Å². The van der Waals surface area contributed by atoms with Gasteiger partial charge in [-0.2, -0.15) is 0 Å². The summed E-state index contributed by atoms with van der Waals surface area (Å²) in [6.45, 7) is 6.22. The fourth-order valence-corrected chi connectivity index (χ4v) is 1.68. The zero-order valence-electron chi connectivity index (χ0n) is 10.4. The minimum Gasteiger partial charge on any atom is -0.350 e. The molecule has 0 spiro atoms. The molecule has 16 heavy (non-hydrogen) atoms. The van der Waals surface area contributed by atoms with Crippen molar-refractivity contribution in [3.63, 3.8) is 0 Å². The second kappa shape index (κ2) is 6.31. The van der Waals surface area contributed by atoms with E-state index in [4.69, 9.17) is 0 Å². The molecule has 1 unspecified atom stereocenters. The van der Waals surface area contributed by atoms with E-state index in [1.165, 1.54) is 6.42 Å². The van der Waals surface area contributed by atoms with Gasteiger partial charge in [0.25, 0.3) is 5.91 Å². The molecule has 0 aliphatic heterocycles. The van der Waals surface area contributed by atoms with Gasteiger partial charge in [0.2, 0.25) is 0 Å². The molecule has 0 bridgehead atoms. The van der Waals surface area contributed by atoms with Crippen LogP contribution in [-0.2, 0) is 0 Å². The SMILES string of the molecule is CCCCC(C)NC(=O)c1cccc(C)c1. The van der Waals surface area contributed by atoms with Gasteiger partial charge in [0.05, 0.1) is 0 Å². The second-order valence-corrected chi connectivity index (χ2v) is 4.39. The first-order chi connectivity index (χ1) is 7.63. The van der Waals surface area contributed by atoms with E-state index in [2.05, 4.69) is 19.2 Å². The highest BCUT2D eigenvalue weighted by Crippen LogP contribution is 2.05. The average molecular weight is 219 g/mol. The van der Waals surface area contributed by atoms with Crippen LogP contribution in [0.3, 0.4) is 0 Å². The summed E-state index contributed by atoms with van der Waals surface area (Å²) in [7, 11) is 0. The molecule has 0 aliphatic carbocycles. The lowest BCUT2D eigenvalue weighted by Crippen LogP contribution is -2.32. The van der Waals surface area contributed by atoms with E-state index in [1.807, 2.05) is 31.2 Å². The van der Waals surface area contributed by atoms with Crippen LogP contribution in [0.2, 0.25) is 0 Å². The molecule has 1 atom stereocenters. The highest BCUT2D eigenvalue weighted by atomic mass is 16.1. The van der Waals surface area contributed by atoms with Crippen LogP contribution in [-0.4, -0.2) is 11.9 Å². The van der Waals surface area contributed by atoms with Crippen molar-refractivity contribution in [3.8, 4) is 0 Å². The summed E-state index contributed by atoms with van der Waals surface area (Å²) in [4.78, 5) is 11.9. The van der Waals surface area contributed by atoms with Crippen molar-refractivity contribution in [2.24, 2.45) is 0 Å². The van der Waals surface area contributed by atoms with Gasteiger partial charge < -0.3 is 5.32 Å². The zero-order valence-corrected chi connectivity index (χ0v) is 10.4. The van der Waals surface area contributed by atoms with Crippen molar-refractivity contribution in [2.75, 3.05) is 0 Å². The van der Waals surface area contributed by atoms with Crippen LogP contribution in [0, 0.1) is 6.92 Å². The third-order valence-corrected chi connectivity index (χ3v) is 2.65. The van der Waals surface area contributed by atoms with Crippen LogP contribution in [0.5, 0.6) is 0 Å². The number of benzene rings is 1. The fourth-order valence-electron chi connectivity index (χ4n) is 1.68. The van der Waals surface area contributed by atoms with Crippen molar-refractivity contribution in [3.05, 3.63) is 35.4 Å². The molecule has 0 radical (unpaired) electrons. The van der Waals surface area contributed by atoms with Crippen LogP contribution >= 0.6 is 0 Å². The van der Waals surface area contributed by atoms with Gasteiger partial charge in [-0.1, -0.05) is 37.5 Å². The van der Waals surface area contributed by atoms with Gasteiger partial charge in [-0.3, -0.25) is 4.79 Å². The molecule has 1 aromatic rings. The van der Waals surface area contributed by atoms with E-state index in [9.17, 15) is 4.79 Å². The number of rotatable bonds is 5. The van der Waals surface area contributed by atoms with Crippen LogP contribution < -0.4 is 5.32 Å². The van der Waals surface area contributed by atoms with Crippen LogP contribution in [0.15, 0.2) is 24.3 Å². The lowest BCUT2D eigenvalue weighted by Gasteiger charge is -2.13. The van der Waals surface area contributed by atoms with Crippen molar-refractivity contribution < 1.29 is 4.79 Å². The van der Waals surface area contributed by atoms with Gasteiger partial charge in [0.1, 0.15) is 0 Å². The molecule has 0 aromatic heterocycles. The number of aryl methyl sites for hydroxylation is 1. The lowest BCUT2D eigenvalue weighted by molar-refractivity contribution is 0.0938. The highest BCUT2D eigenvalue weighted by molar-refractivity contribution is 5.94. The Morgan fingerprint density at radius 1 is 1.44 bits per heavy atom. The summed E-state index contributed by atoms with van der Waals surface area (Å²) < 4.78 is 0. The van der Waals surface area contributed by atoms with Crippen molar-refractivity contribution in [2.45, 2.75) is 46.1 Å². The normalized spacial score (nSPS) is 12.2. The predicted octanol–water partition coefficient (Wildman–Crippen LogP) is 3.30. The molecular formula is C14H21NO. The Labute approximate surface area is 98.1 Å². The number of hydrogen-bond donors (Lipinski definition) is 1. The maximum atomic E-state index is 11.9. The Morgan fingerprint density at radius 3 is 2.81 bits per heavy atom. The Bertz CT molecular complexity index is 346. The third-order valence-electron chi connectivity index (χ3n) is 2.65. The molecule has 2 heteroatoms. The van der Waals surface area contributed by atoms with E-state index in [-0.39, 0.29) is 11.9 Å². The number of carbonyl (C=O) groups is 1. The second-order valence-electron chi connectivity index (χ2n) is 4.39. The monoisotopic (exact) mass is 219 g/mol. The number of nitrogens with one attached hydrogen (secondary N) is 1.